The van der Waals surface area contributed by atoms with Crippen LogP contribution in [0.1, 0.15) is 0 Å². The summed E-state index contributed by atoms with van der Waals surface area (Å²) in [5, 5.41) is 18.1. The zero-order valence-corrected chi connectivity index (χ0v) is 10.4. The predicted molar refractivity (Wildman–Crippen MR) is 70.2 cm³/mol. The average molecular weight is 271 g/mol. The number of hydrogen-bond donors (Lipinski definition) is 1. The predicted octanol–water partition coefficient (Wildman–Crippen LogP) is 1.14. The summed E-state index contributed by atoms with van der Waals surface area (Å²) in [6.45, 7) is 0. The van der Waals surface area contributed by atoms with E-state index >= 15 is 0 Å². The molecule has 0 aliphatic carbocycles. The number of pyridine rings is 1. The Balaban J connectivity index is 2.41. The monoisotopic (exact) mass is 271 g/mol. The molecule has 0 saturated heterocycles. The van der Waals surface area contributed by atoms with Gasteiger partial charge in [0.1, 0.15) is 6.33 Å². The van der Waals surface area contributed by atoms with Crippen LogP contribution in [0.2, 0.25) is 0 Å². The first kappa shape index (κ1) is 12.0. The Morgan fingerprint density at radius 2 is 2.10 bits per heavy atom. The summed E-state index contributed by atoms with van der Waals surface area (Å²) >= 11 is 0. The molecule has 0 bridgehead atoms. The highest BCUT2D eigenvalue weighted by atomic mass is 16.6. The third kappa shape index (κ3) is 1.72. The van der Waals surface area contributed by atoms with Gasteiger partial charge >= 0.3 is 5.69 Å². The molecule has 0 aliphatic heterocycles. The van der Waals surface area contributed by atoms with Crippen LogP contribution in [0.5, 0.6) is 0 Å². The fourth-order valence-electron chi connectivity index (χ4n) is 1.94. The molecule has 0 saturated carbocycles. The van der Waals surface area contributed by atoms with Gasteiger partial charge in [0.15, 0.2) is 5.69 Å². The maximum atomic E-state index is 11.4. The average Bonchev–Trinajstić information content (AvgIpc) is 2.94. The van der Waals surface area contributed by atoms with Crippen LogP contribution in [-0.2, 0) is 0 Å². The Morgan fingerprint density at radius 1 is 1.35 bits per heavy atom. The third-order valence-corrected chi connectivity index (χ3v) is 2.78. The van der Waals surface area contributed by atoms with E-state index < -0.39 is 4.92 Å². The zero-order valence-electron chi connectivity index (χ0n) is 10.4. The number of anilines is 1. The van der Waals surface area contributed by atoms with E-state index in [1.807, 2.05) is 0 Å². The largest absolute Gasteiger partial charge is 0.367 e. The Labute approximate surface area is 112 Å². The third-order valence-electron chi connectivity index (χ3n) is 2.78. The maximum absolute atomic E-state index is 11.4. The molecule has 20 heavy (non-hydrogen) atoms. The summed E-state index contributed by atoms with van der Waals surface area (Å²) in [5.41, 5.74) is 0.660. The van der Waals surface area contributed by atoms with E-state index in [4.69, 9.17) is 0 Å². The number of hydrogen-bond acceptors (Lipinski definition) is 7. The minimum Gasteiger partial charge on any atom is -0.367 e. The molecule has 3 rings (SSSR count). The van der Waals surface area contributed by atoms with Crippen molar-refractivity contribution in [3.05, 3.63) is 41.0 Å². The molecule has 3 aromatic heterocycles. The van der Waals surface area contributed by atoms with E-state index in [9.17, 15) is 10.1 Å². The van der Waals surface area contributed by atoms with E-state index in [-0.39, 0.29) is 23.0 Å². The Bertz CT molecular complexity index is 784. The number of fused-ring (bicyclic) bond motifs is 1. The molecule has 0 fully saturated rings. The summed E-state index contributed by atoms with van der Waals surface area (Å²) in [5.74, 6) is 0.510. The maximum Gasteiger partial charge on any atom is 0.337 e. The first-order valence-electron chi connectivity index (χ1n) is 5.68. The lowest BCUT2D eigenvalue weighted by Gasteiger charge is -2.08. The molecule has 3 aromatic rings. The van der Waals surface area contributed by atoms with Crippen molar-refractivity contribution in [3.63, 3.8) is 0 Å². The van der Waals surface area contributed by atoms with Gasteiger partial charge in [0, 0.05) is 25.0 Å². The van der Waals surface area contributed by atoms with Gasteiger partial charge in [-0.1, -0.05) is 0 Å². The smallest absolute Gasteiger partial charge is 0.337 e. The zero-order chi connectivity index (χ0) is 14.1. The second kappa shape index (κ2) is 4.53. The van der Waals surface area contributed by atoms with Crippen LogP contribution in [0.15, 0.2) is 30.9 Å². The summed E-state index contributed by atoms with van der Waals surface area (Å²) in [4.78, 5) is 23.0. The molecule has 0 spiro atoms. The molecule has 0 amide bonds. The number of nitro groups is 1. The van der Waals surface area contributed by atoms with Crippen molar-refractivity contribution in [3.8, 4) is 11.3 Å². The molecule has 0 atom stereocenters. The van der Waals surface area contributed by atoms with Crippen LogP contribution in [-0.4, -0.2) is 36.5 Å². The second-order valence-electron chi connectivity index (χ2n) is 3.87. The standard InChI is InChI=1S/C11H9N7O2/c1-12-10-9(18(19)20)8(7-2-4-13-5-3-7)16-11-14-6-15-17(10)11/h2-6,12H,1H3. The molecule has 1 N–H and O–H groups in total. The van der Waals surface area contributed by atoms with Crippen molar-refractivity contribution in [2.75, 3.05) is 12.4 Å². The van der Waals surface area contributed by atoms with Crippen LogP contribution >= 0.6 is 0 Å². The molecule has 3 heterocycles. The van der Waals surface area contributed by atoms with Gasteiger partial charge in [-0.3, -0.25) is 15.1 Å². The minimum atomic E-state index is -0.490. The first-order valence-corrected chi connectivity index (χ1v) is 5.68. The number of aromatic nitrogens is 5. The summed E-state index contributed by atoms with van der Waals surface area (Å²) in [6, 6.07) is 3.31. The van der Waals surface area contributed by atoms with Gasteiger partial charge in [-0.25, -0.2) is 4.98 Å². The van der Waals surface area contributed by atoms with Crippen molar-refractivity contribution in [1.82, 2.24) is 24.6 Å². The Morgan fingerprint density at radius 3 is 2.75 bits per heavy atom. The normalized spacial score (nSPS) is 10.7. The molecule has 0 aromatic carbocycles. The highest BCUT2D eigenvalue weighted by Gasteiger charge is 2.26. The van der Waals surface area contributed by atoms with E-state index in [0.717, 1.165) is 0 Å². The van der Waals surface area contributed by atoms with Crippen LogP contribution < -0.4 is 5.32 Å². The van der Waals surface area contributed by atoms with Crippen molar-refractivity contribution < 1.29 is 4.92 Å². The Hall–Kier alpha value is -3.10. The van der Waals surface area contributed by atoms with Crippen molar-refractivity contribution >= 4 is 17.3 Å². The quantitative estimate of drug-likeness (QED) is 0.561. The highest BCUT2D eigenvalue weighted by Crippen LogP contribution is 2.34. The van der Waals surface area contributed by atoms with Gasteiger partial charge in [0.25, 0.3) is 5.78 Å². The highest BCUT2D eigenvalue weighted by molar-refractivity contribution is 5.78. The van der Waals surface area contributed by atoms with Crippen LogP contribution in [0.4, 0.5) is 11.5 Å². The molecular weight excluding hydrogens is 262 g/mol. The number of nitrogens with zero attached hydrogens (tertiary/aromatic N) is 6. The van der Waals surface area contributed by atoms with E-state index in [0.29, 0.717) is 5.56 Å². The van der Waals surface area contributed by atoms with Crippen molar-refractivity contribution in [2.45, 2.75) is 0 Å². The summed E-state index contributed by atoms with van der Waals surface area (Å²) in [6.07, 6.45) is 4.39. The first-order chi connectivity index (χ1) is 9.72. The molecule has 0 radical (unpaired) electrons. The van der Waals surface area contributed by atoms with Gasteiger partial charge in [-0.05, 0) is 12.1 Å². The lowest BCUT2D eigenvalue weighted by Crippen LogP contribution is -2.08. The molecular formula is C11H9N7O2. The van der Waals surface area contributed by atoms with Gasteiger partial charge in [0.2, 0.25) is 5.82 Å². The lowest BCUT2D eigenvalue weighted by atomic mass is 10.1. The Kier molecular flexibility index (Phi) is 2.71. The fourth-order valence-corrected chi connectivity index (χ4v) is 1.94. The van der Waals surface area contributed by atoms with Crippen LogP contribution in [0, 0.1) is 10.1 Å². The topological polar surface area (TPSA) is 111 Å². The van der Waals surface area contributed by atoms with Crippen molar-refractivity contribution in [2.24, 2.45) is 0 Å². The SMILES string of the molecule is CNc1c([N+](=O)[O-])c(-c2ccncc2)nc2ncnn12. The number of rotatable bonds is 3. The lowest BCUT2D eigenvalue weighted by molar-refractivity contribution is -0.383. The van der Waals surface area contributed by atoms with Gasteiger partial charge in [-0.2, -0.15) is 14.6 Å². The van der Waals surface area contributed by atoms with Crippen LogP contribution in [0.25, 0.3) is 17.0 Å². The molecule has 100 valence electrons. The second-order valence-corrected chi connectivity index (χ2v) is 3.87. The van der Waals surface area contributed by atoms with Gasteiger partial charge in [0.05, 0.1) is 4.92 Å². The van der Waals surface area contributed by atoms with Gasteiger partial charge < -0.3 is 5.32 Å². The van der Waals surface area contributed by atoms with Crippen molar-refractivity contribution in [1.29, 1.82) is 0 Å². The van der Waals surface area contributed by atoms with E-state index in [1.54, 1.807) is 31.6 Å². The van der Waals surface area contributed by atoms with E-state index in [1.165, 1.54) is 10.8 Å². The molecule has 9 heteroatoms. The summed E-state index contributed by atoms with van der Waals surface area (Å²) in [7, 11) is 1.58. The van der Waals surface area contributed by atoms with Crippen LogP contribution in [0.3, 0.4) is 0 Å². The molecule has 0 unspecified atom stereocenters. The summed E-state index contributed by atoms with van der Waals surface area (Å²) < 4.78 is 1.29. The number of nitrogens with one attached hydrogen (secondary N) is 1. The van der Waals surface area contributed by atoms with Gasteiger partial charge in [-0.15, -0.1) is 0 Å². The molecule has 0 aliphatic rings. The molecule has 9 nitrogen and oxygen atoms in total. The fraction of sp³-hybridized carbons (Fsp3) is 0.0909. The minimum absolute atomic E-state index is 0.156. The van der Waals surface area contributed by atoms with E-state index in [2.05, 4.69) is 25.4 Å².